The monoisotopic (exact) mass is 527 g/mol. The van der Waals surface area contributed by atoms with Crippen molar-refractivity contribution < 1.29 is 24.3 Å². The van der Waals surface area contributed by atoms with Gasteiger partial charge in [-0.25, -0.2) is 0 Å². The quantitative estimate of drug-likeness (QED) is 0.480. The van der Waals surface area contributed by atoms with E-state index in [9.17, 15) is 19.2 Å². The Morgan fingerprint density at radius 2 is 1.68 bits per heavy atom. The molecule has 2 aromatic carbocycles. The summed E-state index contributed by atoms with van der Waals surface area (Å²) in [6.45, 7) is 8.66. The molecule has 1 heterocycles. The molecule has 1 fully saturated rings. The second-order valence-electron chi connectivity index (χ2n) is 10.5. The predicted molar refractivity (Wildman–Crippen MR) is 142 cm³/mol. The van der Waals surface area contributed by atoms with Crippen molar-refractivity contribution in [3.63, 3.8) is 0 Å². The third-order valence-electron chi connectivity index (χ3n) is 6.82. The molecule has 1 saturated heterocycles. The van der Waals surface area contributed by atoms with Crippen LogP contribution in [0.4, 0.5) is 0 Å². The molecule has 1 aliphatic rings. The standard InChI is InChI=1S/C28H34ClN3O5/c1-17(2)24(31-26(36)20-7-5-6-19(14-20)25(35)30-15-23(33)34)27(37)32-13-12-22(28(3,4)16-32)18-8-10-21(29)11-9-18/h5-11,14,17,22,24H,12-13,15-16H2,1-4H3,(H,30,35)(H,31,36)(H,33,34)/t22?,24-/m1/s1. The van der Waals surface area contributed by atoms with Crippen LogP contribution in [-0.4, -0.2) is 59.4 Å². The van der Waals surface area contributed by atoms with Crippen molar-refractivity contribution in [3.05, 3.63) is 70.2 Å². The Morgan fingerprint density at radius 1 is 1.05 bits per heavy atom. The Labute approximate surface area is 222 Å². The van der Waals surface area contributed by atoms with Crippen LogP contribution in [0.5, 0.6) is 0 Å². The van der Waals surface area contributed by atoms with E-state index >= 15 is 0 Å². The van der Waals surface area contributed by atoms with E-state index < -0.39 is 30.4 Å². The summed E-state index contributed by atoms with van der Waals surface area (Å²) in [5, 5.41) is 14.6. The largest absolute Gasteiger partial charge is 0.480 e. The van der Waals surface area contributed by atoms with E-state index in [1.807, 2.05) is 43.0 Å². The van der Waals surface area contributed by atoms with Crippen LogP contribution in [0, 0.1) is 11.3 Å². The molecule has 2 aromatic rings. The molecule has 198 valence electrons. The molecule has 0 aliphatic carbocycles. The lowest BCUT2D eigenvalue weighted by Gasteiger charge is -2.45. The molecule has 0 radical (unpaired) electrons. The van der Waals surface area contributed by atoms with Crippen LogP contribution in [0.2, 0.25) is 5.02 Å². The van der Waals surface area contributed by atoms with E-state index in [1.165, 1.54) is 17.7 Å². The highest BCUT2D eigenvalue weighted by Crippen LogP contribution is 2.42. The van der Waals surface area contributed by atoms with Crippen molar-refractivity contribution in [2.24, 2.45) is 11.3 Å². The topological polar surface area (TPSA) is 116 Å². The number of halogens is 1. The Kier molecular flexibility index (Phi) is 8.97. The third-order valence-corrected chi connectivity index (χ3v) is 7.07. The van der Waals surface area contributed by atoms with Gasteiger partial charge in [0.15, 0.2) is 0 Å². The van der Waals surface area contributed by atoms with Gasteiger partial charge in [0.25, 0.3) is 11.8 Å². The van der Waals surface area contributed by atoms with Gasteiger partial charge in [0, 0.05) is 29.2 Å². The fraction of sp³-hybridized carbons (Fsp3) is 0.429. The van der Waals surface area contributed by atoms with E-state index in [4.69, 9.17) is 16.7 Å². The van der Waals surface area contributed by atoms with Crippen LogP contribution in [0.15, 0.2) is 48.5 Å². The molecule has 2 atom stereocenters. The number of hydrogen-bond donors (Lipinski definition) is 3. The lowest BCUT2D eigenvalue weighted by Crippen LogP contribution is -2.55. The van der Waals surface area contributed by atoms with Crippen LogP contribution in [0.25, 0.3) is 0 Å². The van der Waals surface area contributed by atoms with Gasteiger partial charge in [0.2, 0.25) is 5.91 Å². The number of piperidine rings is 1. The number of amides is 3. The van der Waals surface area contributed by atoms with Gasteiger partial charge in [-0.15, -0.1) is 0 Å². The number of carbonyl (C=O) groups excluding carboxylic acids is 3. The number of likely N-dealkylation sites (tertiary alicyclic amines) is 1. The molecule has 8 nitrogen and oxygen atoms in total. The zero-order valence-electron chi connectivity index (χ0n) is 21.6. The van der Waals surface area contributed by atoms with E-state index in [2.05, 4.69) is 24.5 Å². The van der Waals surface area contributed by atoms with Crippen LogP contribution < -0.4 is 10.6 Å². The molecule has 3 rings (SSSR count). The molecule has 37 heavy (non-hydrogen) atoms. The second-order valence-corrected chi connectivity index (χ2v) is 10.9. The number of benzene rings is 2. The number of hydrogen-bond acceptors (Lipinski definition) is 4. The number of nitrogens with zero attached hydrogens (tertiary/aromatic N) is 1. The molecular formula is C28H34ClN3O5. The van der Waals surface area contributed by atoms with Crippen molar-refractivity contribution in [3.8, 4) is 0 Å². The number of carboxylic acid groups (broad SMARTS) is 1. The lowest BCUT2D eigenvalue weighted by molar-refractivity contribution is -0.138. The van der Waals surface area contributed by atoms with Gasteiger partial charge in [0.05, 0.1) is 0 Å². The molecule has 9 heteroatoms. The average Bonchev–Trinajstić information content (AvgIpc) is 2.85. The molecule has 0 aromatic heterocycles. The van der Waals surface area contributed by atoms with E-state index in [0.717, 1.165) is 6.42 Å². The Morgan fingerprint density at radius 3 is 2.24 bits per heavy atom. The van der Waals surface area contributed by atoms with Crippen molar-refractivity contribution in [1.82, 2.24) is 15.5 Å². The first kappa shape index (κ1) is 28.2. The first-order valence-corrected chi connectivity index (χ1v) is 12.7. The third kappa shape index (κ3) is 7.10. The summed E-state index contributed by atoms with van der Waals surface area (Å²) in [6.07, 6.45) is 0.798. The van der Waals surface area contributed by atoms with Crippen molar-refractivity contribution in [1.29, 1.82) is 0 Å². The Balaban J connectivity index is 1.70. The summed E-state index contributed by atoms with van der Waals surface area (Å²) in [5.41, 5.74) is 1.39. The highest BCUT2D eigenvalue weighted by atomic mass is 35.5. The summed E-state index contributed by atoms with van der Waals surface area (Å²) in [7, 11) is 0. The van der Waals surface area contributed by atoms with E-state index in [0.29, 0.717) is 18.1 Å². The Hall–Kier alpha value is -3.39. The van der Waals surface area contributed by atoms with Crippen LogP contribution in [0.3, 0.4) is 0 Å². The van der Waals surface area contributed by atoms with Crippen molar-refractivity contribution in [2.75, 3.05) is 19.6 Å². The molecule has 0 spiro atoms. The summed E-state index contributed by atoms with van der Waals surface area (Å²) in [5.74, 6) is -2.26. The van der Waals surface area contributed by atoms with Crippen LogP contribution in [0.1, 0.15) is 66.3 Å². The van der Waals surface area contributed by atoms with Crippen molar-refractivity contribution >= 4 is 35.3 Å². The van der Waals surface area contributed by atoms with Gasteiger partial charge >= 0.3 is 5.97 Å². The van der Waals surface area contributed by atoms with Gasteiger partial charge < -0.3 is 20.6 Å². The van der Waals surface area contributed by atoms with Gasteiger partial charge in [-0.05, 0) is 59.6 Å². The molecular weight excluding hydrogens is 494 g/mol. The van der Waals surface area contributed by atoms with Crippen molar-refractivity contribution in [2.45, 2.75) is 46.1 Å². The molecule has 1 aliphatic heterocycles. The van der Waals surface area contributed by atoms with E-state index in [-0.39, 0.29) is 34.3 Å². The molecule has 0 bridgehead atoms. The highest BCUT2D eigenvalue weighted by Gasteiger charge is 2.40. The van der Waals surface area contributed by atoms with E-state index in [1.54, 1.807) is 12.1 Å². The molecule has 3 N–H and O–H groups in total. The molecule has 3 amide bonds. The highest BCUT2D eigenvalue weighted by molar-refractivity contribution is 6.30. The zero-order chi connectivity index (χ0) is 27.3. The number of carbonyl (C=O) groups is 4. The first-order chi connectivity index (χ1) is 17.4. The number of rotatable bonds is 8. The summed E-state index contributed by atoms with van der Waals surface area (Å²) in [4.78, 5) is 51.4. The minimum atomic E-state index is -1.17. The zero-order valence-corrected chi connectivity index (χ0v) is 22.3. The van der Waals surface area contributed by atoms with Gasteiger partial charge in [-0.2, -0.15) is 0 Å². The first-order valence-electron chi connectivity index (χ1n) is 12.3. The van der Waals surface area contributed by atoms with Gasteiger partial charge in [-0.1, -0.05) is 57.5 Å². The normalized spacial score (nSPS) is 17.7. The fourth-order valence-electron chi connectivity index (χ4n) is 4.85. The predicted octanol–water partition coefficient (Wildman–Crippen LogP) is 3.95. The second kappa shape index (κ2) is 11.8. The minimum absolute atomic E-state index is 0.138. The van der Waals surface area contributed by atoms with Gasteiger partial charge in [0.1, 0.15) is 12.6 Å². The summed E-state index contributed by atoms with van der Waals surface area (Å²) in [6, 6.07) is 13.1. The summed E-state index contributed by atoms with van der Waals surface area (Å²) < 4.78 is 0. The maximum atomic E-state index is 13.6. The maximum absolute atomic E-state index is 13.6. The molecule has 1 unspecified atom stereocenters. The lowest BCUT2D eigenvalue weighted by atomic mass is 9.70. The van der Waals surface area contributed by atoms with Crippen LogP contribution >= 0.6 is 11.6 Å². The SMILES string of the molecule is CC(C)[C@@H](NC(=O)c1cccc(C(=O)NCC(=O)O)c1)C(=O)N1CCC(c2ccc(Cl)cc2)C(C)(C)C1. The number of nitrogens with one attached hydrogen (secondary N) is 2. The van der Waals surface area contributed by atoms with Gasteiger partial charge in [-0.3, -0.25) is 19.2 Å². The minimum Gasteiger partial charge on any atom is -0.480 e. The number of carboxylic acids is 1. The fourth-order valence-corrected chi connectivity index (χ4v) is 4.98. The smallest absolute Gasteiger partial charge is 0.322 e. The van der Waals surface area contributed by atoms with Crippen LogP contribution in [-0.2, 0) is 9.59 Å². The maximum Gasteiger partial charge on any atom is 0.322 e. The average molecular weight is 528 g/mol. The molecule has 0 saturated carbocycles. The Bertz CT molecular complexity index is 1160. The number of aliphatic carboxylic acids is 1. The summed E-state index contributed by atoms with van der Waals surface area (Å²) >= 11 is 6.06.